The molecule has 3 heterocycles. The summed E-state index contributed by atoms with van der Waals surface area (Å²) < 4.78 is 56.2. The molecule has 194 valence electrons. The van der Waals surface area contributed by atoms with Gasteiger partial charge in [0, 0.05) is 52.9 Å². The fourth-order valence-electron chi connectivity index (χ4n) is 4.60. The van der Waals surface area contributed by atoms with Crippen LogP contribution in [0.25, 0.3) is 53.6 Å². The quantitative estimate of drug-likeness (QED) is 0.194. The normalized spacial score (nSPS) is 13.8. The van der Waals surface area contributed by atoms with Crippen LogP contribution in [0.15, 0.2) is 77.5 Å². The van der Waals surface area contributed by atoms with Crippen LogP contribution in [-0.4, -0.2) is 9.97 Å². The summed E-state index contributed by atoms with van der Waals surface area (Å²) in [6.07, 6.45) is 4.03. The van der Waals surface area contributed by atoms with E-state index in [2.05, 4.69) is 19.7 Å². The average Bonchev–Trinajstić information content (AvgIpc) is 3.59. The molecule has 0 spiro atoms. The van der Waals surface area contributed by atoms with Crippen LogP contribution >= 0.6 is 0 Å². The van der Waals surface area contributed by atoms with Crippen molar-refractivity contribution in [1.29, 1.82) is 21.0 Å². The lowest BCUT2D eigenvalue weighted by molar-refractivity contribution is 0.618. The molecule has 0 atom stereocenters. The Kier molecular flexibility index (Phi) is 4.75. The van der Waals surface area contributed by atoms with Crippen LogP contribution in [0.1, 0.15) is 30.5 Å². The Balaban J connectivity index is 1.81. The lowest BCUT2D eigenvalue weighted by atomic mass is 9.98. The Labute approximate surface area is 252 Å². The molecule has 0 N–H and O–H groups in total. The molecule has 3 aromatic heterocycles. The summed E-state index contributed by atoms with van der Waals surface area (Å²) in [5.41, 5.74) is -2.14. The molecular weight excluding hydrogens is 536 g/mol. The van der Waals surface area contributed by atoms with Crippen LogP contribution < -0.4 is 10.4 Å². The van der Waals surface area contributed by atoms with E-state index in [1.807, 2.05) is 12.1 Å². The van der Waals surface area contributed by atoms with Gasteiger partial charge in [-0.1, -0.05) is 0 Å². The van der Waals surface area contributed by atoms with Gasteiger partial charge < -0.3 is 4.42 Å². The first kappa shape index (κ1) is 19.7. The molecule has 0 amide bonds. The first-order chi connectivity index (χ1) is 23.6. The Morgan fingerprint density at radius 2 is 1.23 bits per heavy atom. The molecule has 0 radical (unpaired) electrons. The minimum Gasteiger partial charge on any atom is -0.462 e. The summed E-state index contributed by atoms with van der Waals surface area (Å²) in [6, 6.07) is 8.54. The number of aromatic nitrogens is 2. The maximum atomic E-state index is 10.3. The molecule has 6 rings (SSSR count). The van der Waals surface area contributed by atoms with E-state index in [-0.39, 0.29) is 32.7 Å². The second-order valence-corrected chi connectivity index (χ2v) is 8.77. The van der Waals surface area contributed by atoms with Gasteiger partial charge in [-0.3, -0.25) is 9.97 Å². The molecule has 0 saturated heterocycles. The van der Waals surface area contributed by atoms with Crippen molar-refractivity contribution in [3.8, 4) is 24.3 Å². The summed E-state index contributed by atoms with van der Waals surface area (Å²) in [5.74, 6) is 0. The van der Waals surface area contributed by atoms with Crippen LogP contribution in [0, 0.1) is 58.5 Å². The summed E-state index contributed by atoms with van der Waals surface area (Å²) in [7, 11) is 0. The summed E-state index contributed by atoms with van der Waals surface area (Å²) in [4.78, 5) is 15.5. The Morgan fingerprint density at radius 3 is 1.72 bits per heavy atom. The van der Waals surface area contributed by atoms with E-state index in [4.69, 9.17) is 25.8 Å². The van der Waals surface area contributed by atoms with Crippen molar-refractivity contribution in [2.45, 2.75) is 0 Å². The largest absolute Gasteiger partial charge is 0.462 e. The Bertz CT molecular complexity index is 2650. The van der Waals surface area contributed by atoms with Crippen LogP contribution in [0.2, 0.25) is 0 Å². The van der Waals surface area contributed by atoms with E-state index in [0.29, 0.717) is 32.8 Å². The van der Waals surface area contributed by atoms with Crippen LogP contribution in [0.5, 0.6) is 0 Å². The van der Waals surface area contributed by atoms with E-state index < -0.39 is 58.8 Å². The minimum atomic E-state index is -0.589. The van der Waals surface area contributed by atoms with E-state index in [9.17, 15) is 21.0 Å². The highest BCUT2D eigenvalue weighted by atomic mass is 16.3. The molecule has 0 bridgehead atoms. The first-order valence-electron chi connectivity index (χ1n) is 15.0. The molecule has 0 unspecified atom stereocenters. The molecule has 0 fully saturated rings. The van der Waals surface area contributed by atoms with Gasteiger partial charge in [-0.25, -0.2) is 9.69 Å². The number of rotatable bonds is 2. The third-order valence-corrected chi connectivity index (χ3v) is 6.42. The fraction of sp³-hybridized carbons (Fsp3) is 0. The molecule has 9 heteroatoms. The minimum absolute atomic E-state index is 0.0879. The summed E-state index contributed by atoms with van der Waals surface area (Å²) in [5, 5.41) is 41.2. The maximum Gasteiger partial charge on any atom is 0.189 e. The van der Waals surface area contributed by atoms with Gasteiger partial charge >= 0.3 is 0 Å². The molecular formula is C34H12N8O. The molecule has 0 aliphatic heterocycles. The van der Waals surface area contributed by atoms with Gasteiger partial charge in [0.15, 0.2) is 17.0 Å². The van der Waals surface area contributed by atoms with Gasteiger partial charge in [-0.2, -0.15) is 21.0 Å². The van der Waals surface area contributed by atoms with Crippen LogP contribution in [0.4, 0.5) is 11.4 Å². The van der Waals surface area contributed by atoms with Crippen LogP contribution in [-0.2, 0) is 0 Å². The highest BCUT2D eigenvalue weighted by Crippen LogP contribution is 2.33. The number of nitriles is 4. The number of benzene rings is 3. The third-order valence-electron chi connectivity index (χ3n) is 6.42. The van der Waals surface area contributed by atoms with Crippen molar-refractivity contribution in [3.63, 3.8) is 0 Å². The van der Waals surface area contributed by atoms with Gasteiger partial charge in [-0.15, -0.1) is 0 Å². The standard InChI is InChI=1S/C34H12N8O/c1-39-25-7-19(13-35)5-21(9-25)30(15-37)23-11-28-29-12-24(31(16-38)22-6-20(14-36)8-26(10-22)40-2)18-42-33(29)34-27(3-4-43-34)32(28)41-17-23/h3-12,17-18H/b30-23-,31-24-/i5D,6D,7D,8D,9D,10D. The molecule has 0 aliphatic carbocycles. The predicted molar refractivity (Wildman–Crippen MR) is 157 cm³/mol. The number of furan rings is 1. The lowest BCUT2D eigenvalue weighted by Crippen LogP contribution is -2.10. The maximum absolute atomic E-state index is 10.3. The smallest absolute Gasteiger partial charge is 0.189 e. The number of pyridine rings is 2. The molecule has 9 nitrogen and oxygen atoms in total. The lowest BCUT2D eigenvalue weighted by Gasteiger charge is -2.08. The topological polar surface area (TPSA) is 143 Å². The molecule has 3 aromatic carbocycles. The van der Waals surface area contributed by atoms with Crippen molar-refractivity contribution >= 4 is 55.3 Å². The second-order valence-electron chi connectivity index (χ2n) is 8.77. The molecule has 43 heavy (non-hydrogen) atoms. The van der Waals surface area contributed by atoms with Gasteiger partial charge in [0.05, 0.1) is 53.7 Å². The van der Waals surface area contributed by atoms with E-state index in [0.717, 1.165) is 0 Å². The van der Waals surface area contributed by atoms with Crippen molar-refractivity contribution < 1.29 is 12.6 Å². The van der Waals surface area contributed by atoms with Gasteiger partial charge in [-0.05, 0) is 65.6 Å². The predicted octanol–water partition coefficient (Wildman–Crippen LogP) is 5.82. The third kappa shape index (κ3) is 4.32. The van der Waals surface area contributed by atoms with E-state index >= 15 is 0 Å². The second kappa shape index (κ2) is 10.4. The fourth-order valence-corrected chi connectivity index (χ4v) is 4.60. The average molecular weight is 555 g/mol. The number of hydrogen-bond donors (Lipinski definition) is 0. The SMILES string of the molecule is [2H]c1c(C#N)c([2H])c(/C(C#N)=c2\cnc3c(c2)c2c/c(=C(\C#N)c4c([2H])c(C#N)c([2H])c([N+]#[C-])c4[2H])cnc2c2occc32)c([2H])c1[N+]#[C-]. The zero-order valence-corrected chi connectivity index (χ0v) is 21.5. The monoisotopic (exact) mass is 554 g/mol. The number of hydrogen-bond acceptors (Lipinski definition) is 7. The molecule has 0 aliphatic rings. The molecule has 6 aromatic rings. The number of nitrogens with zero attached hydrogens (tertiary/aromatic N) is 8. The van der Waals surface area contributed by atoms with E-state index in [1.54, 1.807) is 18.2 Å². The van der Waals surface area contributed by atoms with Gasteiger partial charge in [0.1, 0.15) is 17.7 Å². The zero-order chi connectivity index (χ0) is 35.3. The highest BCUT2D eigenvalue weighted by molar-refractivity contribution is 6.21. The van der Waals surface area contributed by atoms with Gasteiger partial charge in [0.25, 0.3) is 0 Å². The van der Waals surface area contributed by atoms with Crippen molar-refractivity contribution in [2.75, 3.05) is 0 Å². The Hall–Kier alpha value is -7.30. The zero-order valence-electron chi connectivity index (χ0n) is 27.5. The van der Waals surface area contributed by atoms with Gasteiger partial charge in [0.2, 0.25) is 0 Å². The summed E-state index contributed by atoms with van der Waals surface area (Å²) in [6.45, 7) is 14.9. The van der Waals surface area contributed by atoms with Crippen molar-refractivity contribution in [1.82, 2.24) is 9.97 Å². The first-order valence-corrected chi connectivity index (χ1v) is 12.0. The summed E-state index contributed by atoms with van der Waals surface area (Å²) >= 11 is 0. The van der Waals surface area contributed by atoms with Crippen molar-refractivity contribution in [2.24, 2.45) is 0 Å². The number of fused-ring (bicyclic) bond motifs is 6. The van der Waals surface area contributed by atoms with E-state index in [1.165, 1.54) is 30.8 Å². The molecule has 0 saturated carbocycles. The van der Waals surface area contributed by atoms with Crippen molar-refractivity contribution in [3.05, 3.63) is 129 Å². The highest BCUT2D eigenvalue weighted by Gasteiger charge is 2.16. The van der Waals surface area contributed by atoms with Crippen LogP contribution in [0.3, 0.4) is 0 Å². The Morgan fingerprint density at radius 1 is 0.721 bits per heavy atom.